The van der Waals surface area contributed by atoms with Gasteiger partial charge in [-0.15, -0.1) is 0 Å². The number of methoxy groups -OCH3 is 1. The van der Waals surface area contributed by atoms with E-state index in [2.05, 4.69) is 10.5 Å². The number of ether oxygens (including phenoxy) is 3. The van der Waals surface area contributed by atoms with Crippen LogP contribution >= 0.6 is 0 Å². The summed E-state index contributed by atoms with van der Waals surface area (Å²) in [6, 6.07) is 31.3. The third kappa shape index (κ3) is 5.47. The average molecular weight is 505 g/mol. The molecule has 0 saturated heterocycles. The molecule has 1 amide bonds. The third-order valence-electron chi connectivity index (χ3n) is 5.95. The van der Waals surface area contributed by atoms with Gasteiger partial charge in [-0.05, 0) is 52.6 Å². The Kier molecular flexibility index (Phi) is 7.27. The van der Waals surface area contributed by atoms with Gasteiger partial charge in [-0.25, -0.2) is 10.2 Å². The molecule has 0 aromatic heterocycles. The molecule has 188 valence electrons. The zero-order valence-electron chi connectivity index (χ0n) is 20.6. The van der Waals surface area contributed by atoms with E-state index in [0.29, 0.717) is 28.4 Å². The molecular weight excluding hydrogens is 480 g/mol. The van der Waals surface area contributed by atoms with Crippen molar-refractivity contribution in [1.82, 2.24) is 5.43 Å². The summed E-state index contributed by atoms with van der Waals surface area (Å²) in [4.78, 5) is 25.3. The number of fused-ring (bicyclic) bond motifs is 2. The van der Waals surface area contributed by atoms with Crippen molar-refractivity contribution in [2.75, 3.05) is 13.7 Å². The van der Waals surface area contributed by atoms with Crippen LogP contribution in [-0.2, 0) is 4.79 Å². The first kappa shape index (κ1) is 24.5. The van der Waals surface area contributed by atoms with Crippen LogP contribution in [0, 0.1) is 0 Å². The van der Waals surface area contributed by atoms with Gasteiger partial charge in [0.2, 0.25) is 0 Å². The van der Waals surface area contributed by atoms with Crippen molar-refractivity contribution in [1.29, 1.82) is 0 Å². The summed E-state index contributed by atoms with van der Waals surface area (Å²) < 4.78 is 16.6. The van der Waals surface area contributed by atoms with E-state index in [1.54, 1.807) is 37.4 Å². The van der Waals surface area contributed by atoms with Gasteiger partial charge in [0.05, 0.1) is 18.9 Å². The third-order valence-corrected chi connectivity index (χ3v) is 5.95. The number of esters is 1. The van der Waals surface area contributed by atoms with Gasteiger partial charge in [-0.2, -0.15) is 5.10 Å². The van der Waals surface area contributed by atoms with E-state index in [1.807, 2.05) is 72.8 Å². The highest BCUT2D eigenvalue weighted by molar-refractivity contribution is 6.04. The maximum Gasteiger partial charge on any atom is 0.343 e. The van der Waals surface area contributed by atoms with Gasteiger partial charge in [0.1, 0.15) is 17.2 Å². The molecule has 0 aliphatic carbocycles. The Morgan fingerprint density at radius 1 is 0.763 bits per heavy atom. The van der Waals surface area contributed by atoms with E-state index in [9.17, 15) is 9.59 Å². The molecule has 0 unspecified atom stereocenters. The van der Waals surface area contributed by atoms with Crippen LogP contribution in [0.1, 0.15) is 15.9 Å². The fraction of sp³-hybridized carbons (Fsp3) is 0.0645. The molecule has 7 heteroatoms. The number of nitrogens with one attached hydrogen (secondary N) is 1. The molecule has 5 rings (SSSR count). The normalized spacial score (nSPS) is 11.0. The Hall–Kier alpha value is -5.17. The van der Waals surface area contributed by atoms with Crippen molar-refractivity contribution in [3.8, 4) is 17.2 Å². The van der Waals surface area contributed by atoms with E-state index < -0.39 is 11.9 Å². The molecule has 0 aliphatic heterocycles. The molecule has 0 saturated carbocycles. The Bertz CT molecular complexity index is 1640. The summed E-state index contributed by atoms with van der Waals surface area (Å²) in [5, 5.41) is 7.81. The number of hydrazone groups is 1. The molecule has 1 N–H and O–H groups in total. The molecule has 0 bridgehead atoms. The van der Waals surface area contributed by atoms with Crippen molar-refractivity contribution in [3.63, 3.8) is 0 Å². The highest BCUT2D eigenvalue weighted by atomic mass is 16.5. The Labute approximate surface area is 219 Å². The lowest BCUT2D eigenvalue weighted by Crippen LogP contribution is -2.24. The number of hydrogen-bond donors (Lipinski definition) is 1. The first-order valence-corrected chi connectivity index (χ1v) is 11.9. The average Bonchev–Trinajstić information content (AvgIpc) is 2.97. The van der Waals surface area contributed by atoms with E-state index >= 15 is 0 Å². The second-order valence-electron chi connectivity index (χ2n) is 8.38. The zero-order chi connectivity index (χ0) is 26.3. The molecule has 5 aromatic rings. The predicted octanol–water partition coefficient (Wildman–Crippen LogP) is 5.75. The SMILES string of the molecule is COc1ccc(C(=O)Oc2ccc3ccccc3c2/C=N\NC(=O)COc2cccc3ccccc23)cc1. The van der Waals surface area contributed by atoms with Crippen LogP contribution in [0.25, 0.3) is 21.5 Å². The van der Waals surface area contributed by atoms with Gasteiger partial charge < -0.3 is 14.2 Å². The lowest BCUT2D eigenvalue weighted by atomic mass is 10.0. The Morgan fingerprint density at radius 2 is 1.45 bits per heavy atom. The highest BCUT2D eigenvalue weighted by Crippen LogP contribution is 2.28. The second kappa shape index (κ2) is 11.3. The summed E-state index contributed by atoms with van der Waals surface area (Å²) >= 11 is 0. The summed E-state index contributed by atoms with van der Waals surface area (Å²) in [7, 11) is 1.56. The highest BCUT2D eigenvalue weighted by Gasteiger charge is 2.14. The Morgan fingerprint density at radius 3 is 2.21 bits per heavy atom. The number of nitrogens with zero attached hydrogens (tertiary/aromatic N) is 1. The molecule has 0 radical (unpaired) electrons. The van der Waals surface area contributed by atoms with E-state index in [1.165, 1.54) is 6.21 Å². The molecule has 0 atom stereocenters. The molecule has 0 heterocycles. The monoisotopic (exact) mass is 504 g/mol. The van der Waals surface area contributed by atoms with Gasteiger partial charge in [0.15, 0.2) is 6.61 Å². The first-order chi connectivity index (χ1) is 18.6. The van der Waals surface area contributed by atoms with E-state index in [4.69, 9.17) is 14.2 Å². The Balaban J connectivity index is 1.31. The van der Waals surface area contributed by atoms with Gasteiger partial charge in [-0.1, -0.05) is 66.7 Å². The summed E-state index contributed by atoms with van der Waals surface area (Å²) in [6.07, 6.45) is 1.47. The first-order valence-electron chi connectivity index (χ1n) is 11.9. The fourth-order valence-corrected chi connectivity index (χ4v) is 4.05. The van der Waals surface area contributed by atoms with Crippen molar-refractivity contribution in [3.05, 3.63) is 114 Å². The van der Waals surface area contributed by atoms with Gasteiger partial charge in [0, 0.05) is 10.9 Å². The molecule has 0 spiro atoms. The standard InChI is InChI=1S/C31H24N2O5/c1-36-24-16-13-23(14-17-24)31(35)38-29-18-15-22-8-2-4-10-25(22)27(29)19-32-33-30(34)20-37-28-12-6-9-21-7-3-5-11-26(21)28/h2-19H,20H2,1H3,(H,33,34)/b32-19-. The molecule has 5 aromatic carbocycles. The zero-order valence-corrected chi connectivity index (χ0v) is 20.6. The smallest absolute Gasteiger partial charge is 0.343 e. The molecule has 0 fully saturated rings. The molecule has 7 nitrogen and oxygen atoms in total. The number of rotatable bonds is 8. The number of benzene rings is 5. The van der Waals surface area contributed by atoms with E-state index in [-0.39, 0.29) is 6.61 Å². The lowest BCUT2D eigenvalue weighted by Gasteiger charge is -2.11. The second-order valence-corrected chi connectivity index (χ2v) is 8.38. The van der Waals surface area contributed by atoms with Crippen LogP contribution in [0.2, 0.25) is 0 Å². The van der Waals surface area contributed by atoms with E-state index in [0.717, 1.165) is 21.5 Å². The van der Waals surface area contributed by atoms with Crippen LogP contribution in [-0.4, -0.2) is 31.8 Å². The van der Waals surface area contributed by atoms with Crippen molar-refractivity contribution in [2.45, 2.75) is 0 Å². The number of carbonyl (C=O) groups excluding carboxylic acids is 2. The largest absolute Gasteiger partial charge is 0.497 e. The predicted molar refractivity (Wildman–Crippen MR) is 147 cm³/mol. The maximum atomic E-state index is 12.8. The molecule has 38 heavy (non-hydrogen) atoms. The minimum Gasteiger partial charge on any atom is -0.497 e. The molecule has 0 aliphatic rings. The van der Waals surface area contributed by atoms with Crippen LogP contribution in [0.4, 0.5) is 0 Å². The summed E-state index contributed by atoms with van der Waals surface area (Å²) in [5.41, 5.74) is 3.42. The minimum absolute atomic E-state index is 0.208. The summed E-state index contributed by atoms with van der Waals surface area (Å²) in [6.45, 7) is -0.208. The van der Waals surface area contributed by atoms with Crippen molar-refractivity contribution in [2.24, 2.45) is 5.10 Å². The number of amides is 1. The topological polar surface area (TPSA) is 86.2 Å². The van der Waals surface area contributed by atoms with Gasteiger partial charge in [0.25, 0.3) is 5.91 Å². The number of hydrogen-bond acceptors (Lipinski definition) is 6. The maximum absolute atomic E-state index is 12.8. The summed E-state index contributed by atoms with van der Waals surface area (Å²) in [5.74, 6) is 0.620. The van der Waals surface area contributed by atoms with Crippen LogP contribution in [0.15, 0.2) is 108 Å². The quantitative estimate of drug-likeness (QED) is 0.126. The van der Waals surface area contributed by atoms with Gasteiger partial charge >= 0.3 is 5.97 Å². The number of carbonyl (C=O) groups is 2. The van der Waals surface area contributed by atoms with Crippen molar-refractivity contribution >= 4 is 39.6 Å². The van der Waals surface area contributed by atoms with Gasteiger partial charge in [-0.3, -0.25) is 4.79 Å². The van der Waals surface area contributed by atoms with Crippen LogP contribution < -0.4 is 19.6 Å². The van der Waals surface area contributed by atoms with Crippen LogP contribution in [0.3, 0.4) is 0 Å². The fourth-order valence-electron chi connectivity index (χ4n) is 4.05. The lowest BCUT2D eigenvalue weighted by molar-refractivity contribution is -0.123. The minimum atomic E-state index is -0.523. The molecular formula is C31H24N2O5. The van der Waals surface area contributed by atoms with Crippen LogP contribution in [0.5, 0.6) is 17.2 Å². The van der Waals surface area contributed by atoms with Crippen molar-refractivity contribution < 1.29 is 23.8 Å².